The second-order valence-electron chi connectivity index (χ2n) is 3.14. The molecule has 1 nitrogen and oxygen atoms in total. The summed E-state index contributed by atoms with van der Waals surface area (Å²) in [6, 6.07) is 6.59. The molecule has 12 heavy (non-hydrogen) atoms. The van der Waals surface area contributed by atoms with Gasteiger partial charge < -0.3 is 4.98 Å². The Hall–Kier alpha value is -0.510. The van der Waals surface area contributed by atoms with Crippen molar-refractivity contribution in [2.24, 2.45) is 0 Å². The van der Waals surface area contributed by atoms with E-state index in [1.54, 1.807) is 0 Å². The standard InChI is InChI=1S/C10H10IN/c1-6-3-10-8(5-9(6)11)4-7(2)12-10/h3-5,12H,1-2H3. The van der Waals surface area contributed by atoms with Crippen molar-refractivity contribution < 1.29 is 0 Å². The van der Waals surface area contributed by atoms with Crippen LogP contribution in [-0.4, -0.2) is 4.98 Å². The molecule has 2 heteroatoms. The Morgan fingerprint density at radius 1 is 1.17 bits per heavy atom. The molecule has 0 aliphatic rings. The Labute approximate surface area is 85.3 Å². The average Bonchev–Trinajstić information content (AvgIpc) is 2.30. The highest BCUT2D eigenvalue weighted by molar-refractivity contribution is 14.1. The third kappa shape index (κ3) is 1.24. The van der Waals surface area contributed by atoms with E-state index in [0.29, 0.717) is 0 Å². The third-order valence-electron chi connectivity index (χ3n) is 2.03. The van der Waals surface area contributed by atoms with Crippen molar-refractivity contribution in [3.05, 3.63) is 33.0 Å². The predicted octanol–water partition coefficient (Wildman–Crippen LogP) is 3.39. The van der Waals surface area contributed by atoms with Crippen molar-refractivity contribution in [2.45, 2.75) is 13.8 Å². The molecule has 1 N–H and O–H groups in total. The zero-order valence-corrected chi connectivity index (χ0v) is 9.27. The molecule has 0 fully saturated rings. The highest BCUT2D eigenvalue weighted by Gasteiger charge is 2.00. The van der Waals surface area contributed by atoms with Crippen molar-refractivity contribution in [1.82, 2.24) is 4.98 Å². The van der Waals surface area contributed by atoms with Gasteiger partial charge in [-0.2, -0.15) is 0 Å². The average molecular weight is 271 g/mol. The first-order valence-corrected chi connectivity index (χ1v) is 5.00. The van der Waals surface area contributed by atoms with Gasteiger partial charge in [-0.15, -0.1) is 0 Å². The van der Waals surface area contributed by atoms with Crippen LogP contribution in [0, 0.1) is 17.4 Å². The minimum absolute atomic E-state index is 1.23. The summed E-state index contributed by atoms with van der Waals surface area (Å²) in [5, 5.41) is 1.31. The monoisotopic (exact) mass is 271 g/mol. The van der Waals surface area contributed by atoms with Crippen LogP contribution >= 0.6 is 22.6 Å². The minimum atomic E-state index is 1.23. The molecular formula is C10H10IN. The lowest BCUT2D eigenvalue weighted by molar-refractivity contribution is 1.30. The number of aromatic nitrogens is 1. The molecular weight excluding hydrogens is 261 g/mol. The van der Waals surface area contributed by atoms with Crippen molar-refractivity contribution >= 4 is 33.5 Å². The molecule has 0 aliphatic heterocycles. The van der Waals surface area contributed by atoms with E-state index in [-0.39, 0.29) is 0 Å². The Kier molecular flexibility index (Phi) is 1.87. The van der Waals surface area contributed by atoms with E-state index in [1.165, 1.54) is 25.7 Å². The molecule has 2 aromatic rings. The van der Waals surface area contributed by atoms with E-state index in [2.05, 4.69) is 59.6 Å². The number of aryl methyl sites for hydroxylation is 2. The van der Waals surface area contributed by atoms with Crippen LogP contribution < -0.4 is 0 Å². The van der Waals surface area contributed by atoms with Gasteiger partial charge in [-0.1, -0.05) is 0 Å². The number of fused-ring (bicyclic) bond motifs is 1. The molecule has 0 amide bonds. The fourth-order valence-electron chi connectivity index (χ4n) is 1.41. The third-order valence-corrected chi connectivity index (χ3v) is 3.20. The van der Waals surface area contributed by atoms with Gasteiger partial charge in [0, 0.05) is 20.2 Å². The highest BCUT2D eigenvalue weighted by Crippen LogP contribution is 2.21. The number of H-pyrrole nitrogens is 1. The van der Waals surface area contributed by atoms with E-state index >= 15 is 0 Å². The molecule has 2 rings (SSSR count). The first-order chi connectivity index (χ1) is 5.66. The Balaban J connectivity index is 2.83. The van der Waals surface area contributed by atoms with Crippen molar-refractivity contribution in [3.8, 4) is 0 Å². The van der Waals surface area contributed by atoms with E-state index in [0.717, 1.165) is 0 Å². The molecule has 1 heterocycles. The molecule has 0 saturated heterocycles. The maximum Gasteiger partial charge on any atom is 0.0459 e. The van der Waals surface area contributed by atoms with Gasteiger partial charge in [0.1, 0.15) is 0 Å². The highest BCUT2D eigenvalue weighted by atomic mass is 127. The summed E-state index contributed by atoms with van der Waals surface area (Å²) in [4.78, 5) is 3.32. The Morgan fingerprint density at radius 3 is 2.67 bits per heavy atom. The smallest absolute Gasteiger partial charge is 0.0459 e. The molecule has 0 saturated carbocycles. The largest absolute Gasteiger partial charge is 0.359 e. The number of aromatic amines is 1. The van der Waals surface area contributed by atoms with Gasteiger partial charge in [0.05, 0.1) is 0 Å². The number of hydrogen-bond acceptors (Lipinski definition) is 0. The number of hydrogen-bond donors (Lipinski definition) is 1. The maximum absolute atomic E-state index is 3.32. The number of nitrogens with one attached hydrogen (secondary N) is 1. The SMILES string of the molecule is Cc1cc2cc(I)c(C)cc2[nH]1. The van der Waals surface area contributed by atoms with E-state index in [1.807, 2.05) is 0 Å². The summed E-state index contributed by atoms with van der Waals surface area (Å²) in [7, 11) is 0. The summed E-state index contributed by atoms with van der Waals surface area (Å²) in [6.45, 7) is 4.22. The van der Waals surface area contributed by atoms with Crippen molar-refractivity contribution in [2.75, 3.05) is 0 Å². The molecule has 1 aromatic carbocycles. The molecule has 0 radical (unpaired) electrons. The van der Waals surface area contributed by atoms with Gasteiger partial charge in [0.25, 0.3) is 0 Å². The number of halogens is 1. The molecule has 0 aliphatic carbocycles. The van der Waals surface area contributed by atoms with Crippen LogP contribution in [0.3, 0.4) is 0 Å². The van der Waals surface area contributed by atoms with Crippen LogP contribution in [0.5, 0.6) is 0 Å². The second-order valence-corrected chi connectivity index (χ2v) is 4.30. The molecule has 0 bridgehead atoms. The van der Waals surface area contributed by atoms with E-state index < -0.39 is 0 Å². The molecule has 0 unspecified atom stereocenters. The summed E-state index contributed by atoms with van der Waals surface area (Å²) in [6.07, 6.45) is 0. The second kappa shape index (κ2) is 2.76. The van der Waals surface area contributed by atoms with Gasteiger partial charge in [0.2, 0.25) is 0 Å². The van der Waals surface area contributed by atoms with E-state index in [9.17, 15) is 0 Å². The lowest BCUT2D eigenvalue weighted by Crippen LogP contribution is -1.78. The predicted molar refractivity (Wildman–Crippen MR) is 60.5 cm³/mol. The van der Waals surface area contributed by atoms with Crippen LogP contribution in [0.15, 0.2) is 18.2 Å². The Bertz CT molecular complexity index is 390. The lowest BCUT2D eigenvalue weighted by Gasteiger charge is -1.96. The molecule has 0 spiro atoms. The number of benzene rings is 1. The van der Waals surface area contributed by atoms with Gasteiger partial charge >= 0.3 is 0 Å². The molecule has 1 aromatic heterocycles. The van der Waals surface area contributed by atoms with Crippen LogP contribution in [0.2, 0.25) is 0 Å². The van der Waals surface area contributed by atoms with Crippen LogP contribution in [0.4, 0.5) is 0 Å². The first-order valence-electron chi connectivity index (χ1n) is 3.92. The van der Waals surface area contributed by atoms with Crippen molar-refractivity contribution in [3.63, 3.8) is 0 Å². The zero-order chi connectivity index (χ0) is 8.72. The Morgan fingerprint density at radius 2 is 1.92 bits per heavy atom. The van der Waals surface area contributed by atoms with Crippen LogP contribution in [0.25, 0.3) is 10.9 Å². The van der Waals surface area contributed by atoms with Gasteiger partial charge in [0.15, 0.2) is 0 Å². The summed E-state index contributed by atoms with van der Waals surface area (Å²) < 4.78 is 1.33. The summed E-state index contributed by atoms with van der Waals surface area (Å²) in [5.41, 5.74) is 3.81. The fraction of sp³-hybridized carbons (Fsp3) is 0.200. The quantitative estimate of drug-likeness (QED) is 0.707. The molecule has 62 valence electrons. The van der Waals surface area contributed by atoms with Crippen LogP contribution in [0.1, 0.15) is 11.3 Å². The number of rotatable bonds is 0. The van der Waals surface area contributed by atoms with Gasteiger partial charge in [-0.3, -0.25) is 0 Å². The van der Waals surface area contributed by atoms with Crippen molar-refractivity contribution in [1.29, 1.82) is 0 Å². The first kappa shape index (κ1) is 8.10. The zero-order valence-electron chi connectivity index (χ0n) is 7.11. The molecule has 0 atom stereocenters. The normalized spacial score (nSPS) is 10.9. The lowest BCUT2D eigenvalue weighted by atomic mass is 10.2. The summed E-state index contributed by atoms with van der Waals surface area (Å²) >= 11 is 2.37. The topological polar surface area (TPSA) is 15.8 Å². The minimum Gasteiger partial charge on any atom is -0.359 e. The summed E-state index contributed by atoms with van der Waals surface area (Å²) in [5.74, 6) is 0. The van der Waals surface area contributed by atoms with Gasteiger partial charge in [-0.05, 0) is 60.2 Å². The van der Waals surface area contributed by atoms with E-state index in [4.69, 9.17) is 0 Å². The maximum atomic E-state index is 3.32. The van der Waals surface area contributed by atoms with Crippen LogP contribution in [-0.2, 0) is 0 Å². The van der Waals surface area contributed by atoms with Gasteiger partial charge in [-0.25, -0.2) is 0 Å². The fourth-order valence-corrected chi connectivity index (χ4v) is 1.90.